The summed E-state index contributed by atoms with van der Waals surface area (Å²) in [6.45, 7) is 0. The lowest BCUT2D eigenvalue weighted by Crippen LogP contribution is -2.29. The van der Waals surface area contributed by atoms with Crippen LogP contribution in [0, 0.1) is 0 Å². The monoisotopic (exact) mass is 222 g/mol. The van der Waals surface area contributed by atoms with Crippen LogP contribution in [-0.4, -0.2) is 5.88 Å². The van der Waals surface area contributed by atoms with Crippen molar-refractivity contribution < 1.29 is 0 Å². The lowest BCUT2D eigenvalue weighted by Gasteiger charge is -2.37. The number of hydrogen-bond donors (Lipinski definition) is 0. The Hall–Kier alpha value is -0.490. The van der Waals surface area contributed by atoms with Crippen LogP contribution < -0.4 is 0 Å². The van der Waals surface area contributed by atoms with Crippen LogP contribution in [0.3, 0.4) is 0 Å². The first-order chi connectivity index (χ1) is 7.37. The average molecular weight is 223 g/mol. The third-order valence-electron chi connectivity index (χ3n) is 3.77. The molecule has 1 heteroatoms. The number of rotatable bonds is 3. The predicted molar refractivity (Wildman–Crippen MR) is 66.5 cm³/mol. The van der Waals surface area contributed by atoms with Crippen molar-refractivity contribution in [2.75, 3.05) is 5.88 Å². The number of benzene rings is 1. The molecule has 0 aromatic heterocycles. The zero-order valence-electron chi connectivity index (χ0n) is 9.21. The van der Waals surface area contributed by atoms with Crippen LogP contribution in [0.4, 0.5) is 0 Å². The molecule has 0 aliphatic heterocycles. The molecule has 1 aliphatic rings. The van der Waals surface area contributed by atoms with Gasteiger partial charge in [-0.15, -0.1) is 11.6 Å². The van der Waals surface area contributed by atoms with E-state index in [0.717, 1.165) is 12.3 Å². The smallest absolute Gasteiger partial charge is 0.0231 e. The third-order valence-corrected chi connectivity index (χ3v) is 3.96. The first-order valence-corrected chi connectivity index (χ1v) is 6.52. The van der Waals surface area contributed by atoms with E-state index < -0.39 is 0 Å². The van der Waals surface area contributed by atoms with E-state index in [0.29, 0.717) is 5.41 Å². The van der Waals surface area contributed by atoms with E-state index in [1.807, 2.05) is 0 Å². The molecule has 0 atom stereocenters. The van der Waals surface area contributed by atoms with Crippen LogP contribution in [-0.2, 0) is 5.41 Å². The first kappa shape index (κ1) is 11.0. The number of hydrogen-bond acceptors (Lipinski definition) is 0. The molecule has 1 fully saturated rings. The van der Waals surface area contributed by atoms with E-state index in [-0.39, 0.29) is 0 Å². The van der Waals surface area contributed by atoms with Crippen LogP contribution in [0.25, 0.3) is 0 Å². The minimum atomic E-state index is 0.390. The Morgan fingerprint density at radius 3 is 2.27 bits per heavy atom. The second-order valence-electron chi connectivity index (χ2n) is 4.65. The molecule has 0 heterocycles. The van der Waals surface area contributed by atoms with Gasteiger partial charge in [-0.2, -0.15) is 0 Å². The maximum atomic E-state index is 5.97. The van der Waals surface area contributed by atoms with Gasteiger partial charge in [0.25, 0.3) is 0 Å². The van der Waals surface area contributed by atoms with Crippen molar-refractivity contribution in [2.45, 2.75) is 43.9 Å². The highest BCUT2D eigenvalue weighted by molar-refractivity contribution is 6.17. The van der Waals surface area contributed by atoms with Crippen LogP contribution >= 0.6 is 11.6 Å². The molecule has 2 rings (SSSR count). The molecule has 0 nitrogen and oxygen atoms in total. The van der Waals surface area contributed by atoms with Gasteiger partial charge in [-0.3, -0.25) is 0 Å². The fourth-order valence-corrected chi connectivity index (χ4v) is 3.25. The highest BCUT2D eigenvalue weighted by atomic mass is 35.5. The summed E-state index contributed by atoms with van der Waals surface area (Å²) in [7, 11) is 0. The summed E-state index contributed by atoms with van der Waals surface area (Å²) in [5.74, 6) is 0.787. The largest absolute Gasteiger partial charge is 0.127 e. The summed E-state index contributed by atoms with van der Waals surface area (Å²) in [6, 6.07) is 11.0. The highest BCUT2D eigenvalue weighted by Gasteiger charge is 2.32. The molecule has 1 aliphatic carbocycles. The van der Waals surface area contributed by atoms with Crippen LogP contribution in [0.15, 0.2) is 30.3 Å². The van der Waals surface area contributed by atoms with E-state index in [4.69, 9.17) is 11.6 Å². The summed E-state index contributed by atoms with van der Waals surface area (Å²) in [5.41, 5.74) is 1.90. The van der Waals surface area contributed by atoms with Crippen molar-refractivity contribution >= 4 is 11.6 Å². The maximum absolute atomic E-state index is 5.97. The van der Waals surface area contributed by atoms with Crippen LogP contribution in [0.5, 0.6) is 0 Å². The van der Waals surface area contributed by atoms with Gasteiger partial charge in [-0.05, 0) is 30.2 Å². The summed E-state index contributed by atoms with van der Waals surface area (Å²) >= 11 is 5.97. The van der Waals surface area contributed by atoms with Crippen molar-refractivity contribution in [2.24, 2.45) is 0 Å². The van der Waals surface area contributed by atoms with Crippen molar-refractivity contribution in [3.63, 3.8) is 0 Å². The van der Waals surface area contributed by atoms with Crippen LogP contribution in [0.2, 0.25) is 0 Å². The average Bonchev–Trinajstić information content (AvgIpc) is 2.32. The quantitative estimate of drug-likeness (QED) is 0.660. The van der Waals surface area contributed by atoms with Gasteiger partial charge in [0, 0.05) is 5.88 Å². The molecule has 0 radical (unpaired) electrons. The molecule has 0 saturated heterocycles. The van der Waals surface area contributed by atoms with E-state index in [9.17, 15) is 0 Å². The Bertz CT molecular complexity index is 280. The second kappa shape index (κ2) is 5.03. The zero-order valence-corrected chi connectivity index (χ0v) is 9.97. The Balaban J connectivity index is 2.25. The zero-order chi connectivity index (χ0) is 10.6. The molecular formula is C14H19Cl. The molecule has 0 unspecified atom stereocenters. The molecule has 0 N–H and O–H groups in total. The van der Waals surface area contributed by atoms with Crippen LogP contribution in [0.1, 0.15) is 44.1 Å². The van der Waals surface area contributed by atoms with Gasteiger partial charge in [-0.25, -0.2) is 0 Å². The fourth-order valence-electron chi connectivity index (χ4n) is 2.88. The Morgan fingerprint density at radius 1 is 1.00 bits per heavy atom. The van der Waals surface area contributed by atoms with Crippen molar-refractivity contribution in [1.82, 2.24) is 0 Å². The molecule has 1 aromatic rings. The van der Waals surface area contributed by atoms with Gasteiger partial charge >= 0.3 is 0 Å². The van der Waals surface area contributed by atoms with E-state index in [1.54, 1.807) is 0 Å². The van der Waals surface area contributed by atoms with Crippen molar-refractivity contribution in [3.05, 3.63) is 35.9 Å². The summed E-state index contributed by atoms with van der Waals surface area (Å²) < 4.78 is 0. The van der Waals surface area contributed by atoms with Gasteiger partial charge in [0.1, 0.15) is 0 Å². The van der Waals surface area contributed by atoms with E-state index in [2.05, 4.69) is 30.3 Å². The van der Waals surface area contributed by atoms with Crippen molar-refractivity contribution in [3.8, 4) is 0 Å². The topological polar surface area (TPSA) is 0 Å². The fraction of sp³-hybridized carbons (Fsp3) is 0.571. The standard InChI is InChI=1S/C14H19Cl/c15-12-11-14(9-5-2-6-10-14)13-7-3-1-4-8-13/h1,3-4,7-8H,2,5-6,9-12H2. The molecule has 82 valence electrons. The SMILES string of the molecule is ClCCC1(c2ccccc2)CCCCC1. The number of alkyl halides is 1. The first-order valence-electron chi connectivity index (χ1n) is 5.99. The molecule has 15 heavy (non-hydrogen) atoms. The molecular weight excluding hydrogens is 204 g/mol. The second-order valence-corrected chi connectivity index (χ2v) is 5.02. The van der Waals surface area contributed by atoms with Gasteiger partial charge < -0.3 is 0 Å². The minimum Gasteiger partial charge on any atom is -0.127 e. The van der Waals surface area contributed by atoms with E-state index >= 15 is 0 Å². The molecule has 1 aromatic carbocycles. The van der Waals surface area contributed by atoms with Crippen molar-refractivity contribution in [1.29, 1.82) is 0 Å². The summed E-state index contributed by atoms with van der Waals surface area (Å²) in [5, 5.41) is 0. The van der Waals surface area contributed by atoms with Gasteiger partial charge in [0.2, 0.25) is 0 Å². The third kappa shape index (κ3) is 2.36. The highest BCUT2D eigenvalue weighted by Crippen LogP contribution is 2.42. The summed E-state index contributed by atoms with van der Waals surface area (Å²) in [4.78, 5) is 0. The normalized spacial score (nSPS) is 20.1. The Morgan fingerprint density at radius 2 is 1.67 bits per heavy atom. The summed E-state index contributed by atoms with van der Waals surface area (Å²) in [6.07, 6.45) is 7.92. The molecule has 0 bridgehead atoms. The Kier molecular flexibility index (Phi) is 3.69. The van der Waals surface area contributed by atoms with Gasteiger partial charge in [-0.1, -0.05) is 49.6 Å². The van der Waals surface area contributed by atoms with Gasteiger partial charge in [0.15, 0.2) is 0 Å². The predicted octanol–water partition coefficient (Wildman–Crippen LogP) is 4.52. The minimum absolute atomic E-state index is 0.390. The molecule has 0 spiro atoms. The molecule has 1 saturated carbocycles. The van der Waals surface area contributed by atoms with Gasteiger partial charge in [0.05, 0.1) is 0 Å². The Labute approximate surface area is 97.6 Å². The number of halogens is 1. The molecule has 0 amide bonds. The lowest BCUT2D eigenvalue weighted by atomic mass is 9.68. The van der Waals surface area contributed by atoms with E-state index in [1.165, 1.54) is 37.7 Å². The lowest BCUT2D eigenvalue weighted by molar-refractivity contribution is 0.285. The maximum Gasteiger partial charge on any atom is 0.0231 e.